The Bertz CT molecular complexity index is 1000. The highest BCUT2D eigenvalue weighted by Gasteiger charge is 2.13. The predicted octanol–water partition coefficient (Wildman–Crippen LogP) is 4.31. The molecule has 2 amide bonds. The van der Waals surface area contributed by atoms with E-state index in [4.69, 9.17) is 11.6 Å². The van der Waals surface area contributed by atoms with E-state index >= 15 is 0 Å². The molecule has 0 spiro atoms. The van der Waals surface area contributed by atoms with Gasteiger partial charge in [0, 0.05) is 36.2 Å². The smallest absolute Gasteiger partial charge is 0.274 e. The van der Waals surface area contributed by atoms with Crippen LogP contribution in [-0.4, -0.2) is 30.9 Å². The minimum absolute atomic E-state index is 0.135. The number of hydrogen-bond acceptors (Lipinski definition) is 4. The molecule has 6 nitrogen and oxygen atoms in total. The third-order valence-electron chi connectivity index (χ3n) is 3.94. The number of nitrogens with one attached hydrogen (secondary N) is 2. The summed E-state index contributed by atoms with van der Waals surface area (Å²) in [5, 5.41) is 6.00. The van der Waals surface area contributed by atoms with Crippen LogP contribution in [0.25, 0.3) is 0 Å². The van der Waals surface area contributed by atoms with Crippen LogP contribution in [-0.2, 0) is 0 Å². The first-order valence-electron chi connectivity index (χ1n) is 8.55. The summed E-state index contributed by atoms with van der Waals surface area (Å²) in [5.74, 6) is -0.817. The zero-order valence-electron chi connectivity index (χ0n) is 15.4. The van der Waals surface area contributed by atoms with E-state index in [0.29, 0.717) is 16.4 Å². The third-order valence-corrected chi connectivity index (χ3v) is 4.17. The Morgan fingerprint density at radius 3 is 1.96 bits per heavy atom. The molecule has 1 aromatic heterocycles. The lowest BCUT2D eigenvalue weighted by Gasteiger charge is -2.13. The molecule has 28 heavy (non-hydrogen) atoms. The van der Waals surface area contributed by atoms with Crippen molar-refractivity contribution in [2.45, 2.75) is 0 Å². The molecule has 2 aromatic carbocycles. The zero-order valence-corrected chi connectivity index (χ0v) is 16.2. The summed E-state index contributed by atoms with van der Waals surface area (Å²) in [4.78, 5) is 31.0. The molecule has 0 aliphatic rings. The Morgan fingerprint density at radius 1 is 0.821 bits per heavy atom. The molecule has 0 aliphatic heterocycles. The molecular formula is C21H19ClN4O2. The summed E-state index contributed by atoms with van der Waals surface area (Å²) in [6.45, 7) is 0. The molecule has 0 fully saturated rings. The van der Waals surface area contributed by atoms with Crippen LogP contribution in [0.15, 0.2) is 66.7 Å². The molecule has 0 bridgehead atoms. The molecule has 1 heterocycles. The van der Waals surface area contributed by atoms with Gasteiger partial charge in [-0.05, 0) is 54.6 Å². The number of rotatable bonds is 5. The highest BCUT2D eigenvalue weighted by molar-refractivity contribution is 6.31. The average Bonchev–Trinajstić information content (AvgIpc) is 2.68. The zero-order chi connectivity index (χ0) is 20.1. The van der Waals surface area contributed by atoms with Gasteiger partial charge in [0.25, 0.3) is 11.8 Å². The first-order valence-corrected chi connectivity index (χ1v) is 8.93. The Hall–Kier alpha value is -3.38. The summed E-state index contributed by atoms with van der Waals surface area (Å²) in [5.41, 5.74) is 2.50. The summed E-state index contributed by atoms with van der Waals surface area (Å²) in [7, 11) is 3.88. The molecule has 0 saturated heterocycles. The van der Waals surface area contributed by atoms with Gasteiger partial charge < -0.3 is 15.5 Å². The van der Waals surface area contributed by atoms with Crippen LogP contribution in [0.3, 0.4) is 0 Å². The fourth-order valence-electron chi connectivity index (χ4n) is 2.49. The fraction of sp³-hybridized carbons (Fsp3) is 0.0952. The van der Waals surface area contributed by atoms with Crippen LogP contribution in [0.1, 0.15) is 21.0 Å². The SMILES string of the molecule is CN(C)c1ccc(NC(=O)c2cccc(C(=O)Nc3cccc(Cl)c3)n2)cc1. The standard InChI is InChI=1S/C21H19ClN4O2/c1-26(2)17-11-9-15(10-12-17)23-20(27)18-7-4-8-19(25-18)21(28)24-16-6-3-5-14(22)13-16/h3-13H,1-2H3,(H,23,27)(H,24,28). The first-order chi connectivity index (χ1) is 13.4. The molecule has 142 valence electrons. The van der Waals surface area contributed by atoms with Gasteiger partial charge >= 0.3 is 0 Å². The number of benzene rings is 2. The maximum Gasteiger partial charge on any atom is 0.274 e. The molecule has 0 radical (unpaired) electrons. The van der Waals surface area contributed by atoms with Crippen molar-refractivity contribution in [3.8, 4) is 0 Å². The summed E-state index contributed by atoms with van der Waals surface area (Å²) < 4.78 is 0. The van der Waals surface area contributed by atoms with Gasteiger partial charge in [0.05, 0.1) is 0 Å². The number of pyridine rings is 1. The Balaban J connectivity index is 1.71. The van der Waals surface area contributed by atoms with Gasteiger partial charge in [-0.1, -0.05) is 23.7 Å². The van der Waals surface area contributed by atoms with E-state index in [9.17, 15) is 9.59 Å². The molecule has 0 atom stereocenters. The van der Waals surface area contributed by atoms with Crippen molar-refractivity contribution in [2.75, 3.05) is 29.6 Å². The average molecular weight is 395 g/mol. The lowest BCUT2D eigenvalue weighted by molar-refractivity contribution is 0.101. The van der Waals surface area contributed by atoms with Crippen LogP contribution in [0.4, 0.5) is 17.1 Å². The topological polar surface area (TPSA) is 74.3 Å². The van der Waals surface area contributed by atoms with E-state index in [0.717, 1.165) is 5.69 Å². The number of carbonyl (C=O) groups excluding carboxylic acids is 2. The van der Waals surface area contributed by atoms with Crippen molar-refractivity contribution in [3.63, 3.8) is 0 Å². The van der Waals surface area contributed by atoms with Crippen molar-refractivity contribution in [1.29, 1.82) is 0 Å². The predicted molar refractivity (Wildman–Crippen MR) is 112 cm³/mol. The quantitative estimate of drug-likeness (QED) is 0.676. The van der Waals surface area contributed by atoms with Gasteiger partial charge in [0.1, 0.15) is 11.4 Å². The van der Waals surface area contributed by atoms with E-state index in [1.54, 1.807) is 42.5 Å². The van der Waals surface area contributed by atoms with E-state index in [2.05, 4.69) is 15.6 Å². The number of amides is 2. The number of carbonyl (C=O) groups is 2. The molecule has 0 unspecified atom stereocenters. The molecule has 7 heteroatoms. The summed E-state index contributed by atoms with van der Waals surface area (Å²) >= 11 is 5.92. The fourth-order valence-corrected chi connectivity index (χ4v) is 2.68. The Morgan fingerprint density at radius 2 is 1.39 bits per heavy atom. The monoisotopic (exact) mass is 394 g/mol. The van der Waals surface area contributed by atoms with Gasteiger partial charge in [0.2, 0.25) is 0 Å². The van der Waals surface area contributed by atoms with Gasteiger partial charge in [-0.25, -0.2) is 4.98 Å². The highest BCUT2D eigenvalue weighted by Crippen LogP contribution is 2.17. The van der Waals surface area contributed by atoms with Crippen LogP contribution in [0.5, 0.6) is 0 Å². The third kappa shape index (κ3) is 4.86. The van der Waals surface area contributed by atoms with E-state index in [1.165, 1.54) is 0 Å². The molecular weight excluding hydrogens is 376 g/mol. The Labute approximate surface area is 168 Å². The lowest BCUT2D eigenvalue weighted by atomic mass is 10.2. The van der Waals surface area contributed by atoms with Crippen LogP contribution in [0.2, 0.25) is 5.02 Å². The van der Waals surface area contributed by atoms with Gasteiger partial charge in [-0.2, -0.15) is 0 Å². The molecule has 0 aliphatic carbocycles. The summed E-state index contributed by atoms with van der Waals surface area (Å²) in [6.07, 6.45) is 0. The normalized spacial score (nSPS) is 10.2. The van der Waals surface area contributed by atoms with Crippen LogP contribution >= 0.6 is 11.6 Å². The van der Waals surface area contributed by atoms with Crippen molar-refractivity contribution in [3.05, 3.63) is 83.1 Å². The second-order valence-electron chi connectivity index (χ2n) is 6.27. The number of halogens is 1. The largest absolute Gasteiger partial charge is 0.378 e. The molecule has 3 rings (SSSR count). The highest BCUT2D eigenvalue weighted by atomic mass is 35.5. The maximum absolute atomic E-state index is 12.5. The van der Waals surface area contributed by atoms with Crippen LogP contribution < -0.4 is 15.5 Å². The molecule has 3 aromatic rings. The minimum atomic E-state index is -0.424. The first kappa shape index (κ1) is 19.4. The molecule has 0 saturated carbocycles. The van der Waals surface area contributed by atoms with Gasteiger partial charge in [-0.3, -0.25) is 9.59 Å². The van der Waals surface area contributed by atoms with Crippen molar-refractivity contribution in [1.82, 2.24) is 4.98 Å². The summed E-state index contributed by atoms with van der Waals surface area (Å²) in [6, 6.07) is 18.9. The number of aromatic nitrogens is 1. The number of anilines is 3. The van der Waals surface area contributed by atoms with Crippen molar-refractivity contribution < 1.29 is 9.59 Å². The maximum atomic E-state index is 12.5. The molecule has 2 N–H and O–H groups in total. The lowest BCUT2D eigenvalue weighted by Crippen LogP contribution is -2.18. The minimum Gasteiger partial charge on any atom is -0.378 e. The number of nitrogens with zero attached hydrogens (tertiary/aromatic N) is 2. The van der Waals surface area contributed by atoms with Crippen molar-refractivity contribution >= 4 is 40.5 Å². The Kier molecular flexibility index (Phi) is 5.91. The number of hydrogen-bond donors (Lipinski definition) is 2. The van der Waals surface area contributed by atoms with Gasteiger partial charge in [-0.15, -0.1) is 0 Å². The van der Waals surface area contributed by atoms with E-state index in [1.807, 2.05) is 43.3 Å². The van der Waals surface area contributed by atoms with E-state index in [-0.39, 0.29) is 11.4 Å². The van der Waals surface area contributed by atoms with Crippen LogP contribution in [0, 0.1) is 0 Å². The van der Waals surface area contributed by atoms with Gasteiger partial charge in [0.15, 0.2) is 0 Å². The second kappa shape index (κ2) is 8.54. The second-order valence-corrected chi connectivity index (χ2v) is 6.70. The van der Waals surface area contributed by atoms with E-state index < -0.39 is 11.8 Å². The van der Waals surface area contributed by atoms with Crippen molar-refractivity contribution in [2.24, 2.45) is 0 Å².